The molecule has 0 aromatic rings. The predicted octanol–water partition coefficient (Wildman–Crippen LogP) is 3.05. The molecule has 12 heavy (non-hydrogen) atoms. The Morgan fingerprint density at radius 2 is 1.75 bits per heavy atom. The highest BCUT2D eigenvalue weighted by Gasteiger charge is 2.27. The van der Waals surface area contributed by atoms with Gasteiger partial charge in [0.25, 0.3) is 0 Å². The van der Waals surface area contributed by atoms with Gasteiger partial charge in [-0.15, -0.1) is 0 Å². The van der Waals surface area contributed by atoms with Crippen molar-refractivity contribution in [3.05, 3.63) is 0 Å². The normalized spacial score (nSPS) is 25.6. The highest BCUT2D eigenvalue weighted by molar-refractivity contribution is 5.84. The molecule has 0 spiro atoms. The fraction of sp³-hybridized carbons (Fsp3) is 0.900. The molecule has 0 heterocycles. The van der Waals surface area contributed by atoms with Gasteiger partial charge in [-0.2, -0.15) is 0 Å². The minimum atomic E-state index is 0.418. The van der Waals surface area contributed by atoms with Crippen molar-refractivity contribution in [2.45, 2.75) is 46.5 Å². The van der Waals surface area contributed by atoms with Crippen LogP contribution in [-0.4, -0.2) is 10.9 Å². The zero-order valence-corrected chi connectivity index (χ0v) is 8.30. The lowest BCUT2D eigenvalue weighted by molar-refractivity contribution is 0.205. The first-order valence-corrected chi connectivity index (χ1v) is 4.74. The van der Waals surface area contributed by atoms with Gasteiger partial charge < -0.3 is 5.21 Å². The molecule has 1 fully saturated rings. The molecule has 0 amide bonds. The molecule has 0 unspecified atom stereocenters. The van der Waals surface area contributed by atoms with Crippen LogP contribution >= 0.6 is 0 Å². The Hall–Kier alpha value is -0.530. The van der Waals surface area contributed by atoms with Crippen LogP contribution in [0.25, 0.3) is 0 Å². The molecule has 1 saturated carbocycles. The van der Waals surface area contributed by atoms with Crippen LogP contribution in [0.2, 0.25) is 0 Å². The SMILES string of the molecule is CC(C)(C)C1CCC(=NO)CC1. The molecular weight excluding hydrogens is 150 g/mol. The lowest BCUT2D eigenvalue weighted by Crippen LogP contribution is -2.25. The van der Waals surface area contributed by atoms with Gasteiger partial charge in [-0.1, -0.05) is 25.9 Å². The van der Waals surface area contributed by atoms with Crippen molar-refractivity contribution in [1.29, 1.82) is 0 Å². The van der Waals surface area contributed by atoms with Crippen molar-refractivity contribution in [2.24, 2.45) is 16.5 Å². The maximum Gasteiger partial charge on any atom is 0.0571 e. The quantitative estimate of drug-likeness (QED) is 0.438. The van der Waals surface area contributed by atoms with E-state index < -0.39 is 0 Å². The summed E-state index contributed by atoms with van der Waals surface area (Å²) >= 11 is 0. The second-order valence-corrected chi connectivity index (χ2v) is 4.81. The average Bonchev–Trinajstić information content (AvgIpc) is 2.03. The maximum absolute atomic E-state index is 8.57. The van der Waals surface area contributed by atoms with Gasteiger partial charge >= 0.3 is 0 Å². The number of hydrogen-bond acceptors (Lipinski definition) is 2. The number of nitrogens with zero attached hydrogens (tertiary/aromatic N) is 1. The Balaban J connectivity index is 2.47. The van der Waals surface area contributed by atoms with E-state index in [1.54, 1.807) is 0 Å². The predicted molar refractivity (Wildman–Crippen MR) is 50.6 cm³/mol. The third kappa shape index (κ3) is 2.23. The van der Waals surface area contributed by atoms with Gasteiger partial charge in [0.2, 0.25) is 0 Å². The maximum atomic E-state index is 8.57. The third-order valence-corrected chi connectivity index (χ3v) is 2.93. The summed E-state index contributed by atoms with van der Waals surface area (Å²) in [6, 6.07) is 0. The molecule has 0 radical (unpaired) electrons. The van der Waals surface area contributed by atoms with Crippen LogP contribution in [0.15, 0.2) is 5.16 Å². The van der Waals surface area contributed by atoms with Crippen molar-refractivity contribution < 1.29 is 5.21 Å². The van der Waals surface area contributed by atoms with Crippen LogP contribution in [-0.2, 0) is 0 Å². The molecule has 2 heteroatoms. The molecule has 1 rings (SSSR count). The Kier molecular flexibility index (Phi) is 2.76. The van der Waals surface area contributed by atoms with Gasteiger partial charge in [-0.05, 0) is 37.0 Å². The highest BCUT2D eigenvalue weighted by Crippen LogP contribution is 2.36. The second kappa shape index (κ2) is 3.46. The fourth-order valence-electron chi connectivity index (χ4n) is 1.92. The van der Waals surface area contributed by atoms with E-state index in [1.165, 1.54) is 12.8 Å². The Morgan fingerprint density at radius 3 is 2.08 bits per heavy atom. The Labute approximate surface area is 74.7 Å². The van der Waals surface area contributed by atoms with Crippen LogP contribution in [0.4, 0.5) is 0 Å². The minimum Gasteiger partial charge on any atom is -0.411 e. The number of rotatable bonds is 0. The number of oxime groups is 1. The van der Waals surface area contributed by atoms with Crippen molar-refractivity contribution in [1.82, 2.24) is 0 Å². The van der Waals surface area contributed by atoms with Crippen LogP contribution in [0.5, 0.6) is 0 Å². The van der Waals surface area contributed by atoms with E-state index in [1.807, 2.05) is 0 Å². The van der Waals surface area contributed by atoms with Crippen LogP contribution in [0.1, 0.15) is 46.5 Å². The molecule has 0 atom stereocenters. The van der Waals surface area contributed by atoms with Gasteiger partial charge in [-0.25, -0.2) is 0 Å². The van der Waals surface area contributed by atoms with E-state index in [0.29, 0.717) is 5.41 Å². The lowest BCUT2D eigenvalue weighted by Gasteiger charge is -2.33. The van der Waals surface area contributed by atoms with E-state index in [-0.39, 0.29) is 0 Å². The highest BCUT2D eigenvalue weighted by atomic mass is 16.4. The standard InChI is InChI=1S/C10H19NO/c1-10(2,3)8-4-6-9(11-12)7-5-8/h8,12H,4-7H2,1-3H3. The van der Waals surface area contributed by atoms with E-state index in [2.05, 4.69) is 25.9 Å². The lowest BCUT2D eigenvalue weighted by atomic mass is 9.72. The molecule has 0 saturated heterocycles. The van der Waals surface area contributed by atoms with Gasteiger partial charge in [0.15, 0.2) is 0 Å². The second-order valence-electron chi connectivity index (χ2n) is 4.81. The first kappa shape index (κ1) is 9.56. The third-order valence-electron chi connectivity index (χ3n) is 2.93. The first-order valence-electron chi connectivity index (χ1n) is 4.74. The summed E-state index contributed by atoms with van der Waals surface area (Å²) in [5.74, 6) is 0.794. The van der Waals surface area contributed by atoms with Gasteiger partial charge in [0.05, 0.1) is 5.71 Å². The summed E-state index contributed by atoms with van der Waals surface area (Å²) in [6.45, 7) is 6.87. The zero-order chi connectivity index (χ0) is 9.19. The van der Waals surface area contributed by atoms with Gasteiger partial charge in [0.1, 0.15) is 0 Å². The van der Waals surface area contributed by atoms with Crippen molar-refractivity contribution in [2.75, 3.05) is 0 Å². The summed E-state index contributed by atoms with van der Waals surface area (Å²) in [5, 5.41) is 11.8. The van der Waals surface area contributed by atoms with E-state index >= 15 is 0 Å². The molecule has 0 bridgehead atoms. The minimum absolute atomic E-state index is 0.418. The van der Waals surface area contributed by atoms with E-state index in [9.17, 15) is 0 Å². The summed E-state index contributed by atoms with van der Waals surface area (Å²) in [6.07, 6.45) is 4.34. The Bertz CT molecular complexity index is 169. The molecule has 1 N–H and O–H groups in total. The van der Waals surface area contributed by atoms with E-state index in [4.69, 9.17) is 5.21 Å². The Morgan fingerprint density at radius 1 is 1.25 bits per heavy atom. The van der Waals surface area contributed by atoms with Crippen LogP contribution < -0.4 is 0 Å². The van der Waals surface area contributed by atoms with E-state index in [0.717, 1.165) is 24.5 Å². The summed E-state index contributed by atoms with van der Waals surface area (Å²) in [5.41, 5.74) is 1.40. The van der Waals surface area contributed by atoms with Crippen molar-refractivity contribution >= 4 is 5.71 Å². The van der Waals surface area contributed by atoms with Gasteiger partial charge in [0, 0.05) is 0 Å². The summed E-state index contributed by atoms with van der Waals surface area (Å²) in [4.78, 5) is 0. The fourth-order valence-corrected chi connectivity index (χ4v) is 1.92. The molecular formula is C10H19NO. The smallest absolute Gasteiger partial charge is 0.0571 e. The monoisotopic (exact) mass is 169 g/mol. The molecule has 0 aliphatic heterocycles. The van der Waals surface area contributed by atoms with Gasteiger partial charge in [-0.3, -0.25) is 0 Å². The van der Waals surface area contributed by atoms with Crippen molar-refractivity contribution in [3.8, 4) is 0 Å². The average molecular weight is 169 g/mol. The molecule has 0 aromatic heterocycles. The zero-order valence-electron chi connectivity index (χ0n) is 8.30. The largest absolute Gasteiger partial charge is 0.411 e. The van der Waals surface area contributed by atoms with Crippen LogP contribution in [0.3, 0.4) is 0 Å². The molecule has 1 aliphatic carbocycles. The summed E-state index contributed by atoms with van der Waals surface area (Å²) in [7, 11) is 0. The topological polar surface area (TPSA) is 32.6 Å². The molecule has 70 valence electrons. The van der Waals surface area contributed by atoms with Crippen molar-refractivity contribution in [3.63, 3.8) is 0 Å². The first-order chi connectivity index (χ1) is 5.54. The molecule has 1 aliphatic rings. The molecule has 0 aromatic carbocycles. The number of hydrogen-bond donors (Lipinski definition) is 1. The molecule has 2 nitrogen and oxygen atoms in total. The summed E-state index contributed by atoms with van der Waals surface area (Å²) < 4.78 is 0. The van der Waals surface area contributed by atoms with Crippen LogP contribution in [0, 0.1) is 11.3 Å².